The van der Waals surface area contributed by atoms with Crippen molar-refractivity contribution < 1.29 is 14.0 Å². The van der Waals surface area contributed by atoms with Crippen molar-refractivity contribution in [1.29, 1.82) is 0 Å². The number of piperidine rings is 1. The molecule has 6 nitrogen and oxygen atoms in total. The highest BCUT2D eigenvalue weighted by Gasteiger charge is 2.19. The molecule has 0 saturated carbocycles. The zero-order valence-corrected chi connectivity index (χ0v) is 13.4. The Kier molecular flexibility index (Phi) is 5.28. The van der Waals surface area contributed by atoms with Crippen molar-refractivity contribution in [2.45, 2.75) is 31.8 Å². The summed E-state index contributed by atoms with van der Waals surface area (Å²) in [4.78, 5) is 24.0. The predicted molar refractivity (Wildman–Crippen MR) is 90.6 cm³/mol. The van der Waals surface area contributed by atoms with E-state index in [1.54, 1.807) is 24.3 Å². The summed E-state index contributed by atoms with van der Waals surface area (Å²) in [6, 6.07) is 10.6. The molecule has 0 spiro atoms. The maximum absolute atomic E-state index is 12.1. The van der Waals surface area contributed by atoms with Gasteiger partial charge in [-0.05, 0) is 49.2 Å². The van der Waals surface area contributed by atoms with E-state index in [-0.39, 0.29) is 23.6 Å². The van der Waals surface area contributed by atoms with Crippen LogP contribution in [0.25, 0.3) is 0 Å². The van der Waals surface area contributed by atoms with Gasteiger partial charge < -0.3 is 20.4 Å². The first kappa shape index (κ1) is 16.3. The molecule has 1 aliphatic rings. The Morgan fingerprint density at radius 1 is 1.17 bits per heavy atom. The van der Waals surface area contributed by atoms with Gasteiger partial charge in [0.15, 0.2) is 5.76 Å². The topological polar surface area (TPSA) is 83.4 Å². The van der Waals surface area contributed by atoms with Crippen LogP contribution >= 0.6 is 0 Å². The Balaban J connectivity index is 1.49. The fraction of sp³-hybridized carbons (Fsp3) is 0.333. The summed E-state index contributed by atoms with van der Waals surface area (Å²) in [7, 11) is 0. The lowest BCUT2D eigenvalue weighted by molar-refractivity contribution is -0.123. The highest BCUT2D eigenvalue weighted by molar-refractivity contribution is 6.02. The van der Waals surface area contributed by atoms with Gasteiger partial charge in [0.1, 0.15) is 0 Å². The molecule has 0 aliphatic carbocycles. The van der Waals surface area contributed by atoms with E-state index in [2.05, 4.69) is 16.0 Å². The minimum Gasteiger partial charge on any atom is -0.459 e. The van der Waals surface area contributed by atoms with E-state index >= 15 is 0 Å². The van der Waals surface area contributed by atoms with Crippen LogP contribution in [-0.2, 0) is 11.3 Å². The van der Waals surface area contributed by atoms with Gasteiger partial charge in [0.25, 0.3) is 5.91 Å². The molecule has 1 atom stereocenters. The molecule has 1 aliphatic heterocycles. The van der Waals surface area contributed by atoms with E-state index in [9.17, 15) is 9.59 Å². The molecule has 2 heterocycles. The zero-order valence-electron chi connectivity index (χ0n) is 13.4. The van der Waals surface area contributed by atoms with Gasteiger partial charge in [0.05, 0.1) is 12.3 Å². The van der Waals surface area contributed by atoms with Crippen molar-refractivity contribution in [2.75, 3.05) is 11.9 Å². The Hall–Kier alpha value is -2.60. The second-order valence-electron chi connectivity index (χ2n) is 5.85. The SMILES string of the molecule is O=C(Nc1ccc(CNC(=O)[C@H]2CCCCN2)cc1)c1ccco1. The molecule has 1 aromatic heterocycles. The molecule has 1 aromatic carbocycles. The number of furan rings is 1. The number of rotatable bonds is 5. The van der Waals surface area contributed by atoms with Gasteiger partial charge in [0, 0.05) is 12.2 Å². The van der Waals surface area contributed by atoms with Crippen molar-refractivity contribution in [2.24, 2.45) is 0 Å². The molecule has 0 radical (unpaired) electrons. The largest absolute Gasteiger partial charge is 0.459 e. The Labute approximate surface area is 140 Å². The number of carbonyl (C=O) groups excluding carboxylic acids is 2. The summed E-state index contributed by atoms with van der Waals surface area (Å²) in [5.41, 5.74) is 1.66. The van der Waals surface area contributed by atoms with E-state index in [1.165, 1.54) is 6.26 Å². The maximum Gasteiger partial charge on any atom is 0.291 e. The summed E-state index contributed by atoms with van der Waals surface area (Å²) in [5.74, 6) is 0.0284. The van der Waals surface area contributed by atoms with Gasteiger partial charge in [-0.15, -0.1) is 0 Å². The summed E-state index contributed by atoms with van der Waals surface area (Å²) < 4.78 is 5.05. The normalized spacial score (nSPS) is 17.2. The van der Waals surface area contributed by atoms with Gasteiger partial charge in [-0.2, -0.15) is 0 Å². The fourth-order valence-electron chi connectivity index (χ4n) is 2.69. The summed E-state index contributed by atoms with van der Waals surface area (Å²) >= 11 is 0. The third-order valence-electron chi connectivity index (χ3n) is 4.05. The summed E-state index contributed by atoms with van der Waals surface area (Å²) in [5, 5.41) is 8.94. The average molecular weight is 327 g/mol. The molecule has 24 heavy (non-hydrogen) atoms. The zero-order chi connectivity index (χ0) is 16.8. The van der Waals surface area contributed by atoms with Crippen molar-refractivity contribution in [1.82, 2.24) is 10.6 Å². The van der Waals surface area contributed by atoms with Gasteiger partial charge in [0.2, 0.25) is 5.91 Å². The number of amides is 2. The molecular weight excluding hydrogens is 306 g/mol. The van der Waals surface area contributed by atoms with E-state index in [0.29, 0.717) is 12.2 Å². The lowest BCUT2D eigenvalue weighted by Gasteiger charge is -2.22. The van der Waals surface area contributed by atoms with Crippen molar-refractivity contribution in [3.63, 3.8) is 0 Å². The second-order valence-corrected chi connectivity index (χ2v) is 5.85. The smallest absolute Gasteiger partial charge is 0.291 e. The van der Waals surface area contributed by atoms with Crippen molar-refractivity contribution >= 4 is 17.5 Å². The summed E-state index contributed by atoms with van der Waals surface area (Å²) in [6.45, 7) is 1.38. The first-order valence-electron chi connectivity index (χ1n) is 8.17. The average Bonchev–Trinajstić information content (AvgIpc) is 3.16. The molecule has 2 amide bonds. The third kappa shape index (κ3) is 4.23. The molecule has 1 fully saturated rings. The van der Waals surface area contributed by atoms with Crippen LogP contribution in [0.4, 0.5) is 5.69 Å². The van der Waals surface area contributed by atoms with Crippen molar-refractivity contribution in [3.8, 4) is 0 Å². The molecule has 6 heteroatoms. The van der Waals surface area contributed by atoms with Crippen LogP contribution in [0.1, 0.15) is 35.4 Å². The number of carbonyl (C=O) groups is 2. The fourth-order valence-corrected chi connectivity index (χ4v) is 2.69. The quantitative estimate of drug-likeness (QED) is 0.787. The van der Waals surface area contributed by atoms with Crippen LogP contribution in [-0.4, -0.2) is 24.4 Å². The molecule has 0 bridgehead atoms. The predicted octanol–water partition coefficient (Wildman–Crippen LogP) is 2.29. The number of anilines is 1. The number of nitrogens with one attached hydrogen (secondary N) is 3. The molecule has 1 saturated heterocycles. The second kappa shape index (κ2) is 7.79. The Morgan fingerprint density at radius 3 is 2.67 bits per heavy atom. The molecule has 3 N–H and O–H groups in total. The van der Waals surface area contributed by atoms with Crippen LogP contribution in [0, 0.1) is 0 Å². The number of benzene rings is 1. The van der Waals surface area contributed by atoms with Gasteiger partial charge in [-0.25, -0.2) is 0 Å². The number of hydrogen-bond acceptors (Lipinski definition) is 4. The molecular formula is C18H21N3O3. The van der Waals surface area contributed by atoms with Crippen LogP contribution in [0.3, 0.4) is 0 Å². The Bertz CT molecular complexity index is 674. The third-order valence-corrected chi connectivity index (χ3v) is 4.05. The Morgan fingerprint density at radius 2 is 2.00 bits per heavy atom. The summed E-state index contributed by atoms with van der Waals surface area (Å²) in [6.07, 6.45) is 4.58. The van der Waals surface area contributed by atoms with E-state index in [4.69, 9.17) is 4.42 Å². The lowest BCUT2D eigenvalue weighted by atomic mass is 10.0. The van der Waals surface area contributed by atoms with E-state index < -0.39 is 0 Å². The van der Waals surface area contributed by atoms with Gasteiger partial charge in [-0.1, -0.05) is 18.6 Å². The standard InChI is InChI=1S/C18H21N3O3/c22-17(15-4-1-2-10-19-15)20-12-13-6-8-14(9-7-13)21-18(23)16-5-3-11-24-16/h3,5-9,11,15,19H,1-2,4,10,12H2,(H,20,22)(H,21,23)/t15-/m1/s1. The van der Waals surface area contributed by atoms with E-state index in [0.717, 1.165) is 31.4 Å². The van der Waals surface area contributed by atoms with Crippen LogP contribution in [0.15, 0.2) is 47.1 Å². The van der Waals surface area contributed by atoms with Gasteiger partial charge >= 0.3 is 0 Å². The van der Waals surface area contributed by atoms with Crippen LogP contribution < -0.4 is 16.0 Å². The minimum atomic E-state index is -0.288. The van der Waals surface area contributed by atoms with Crippen molar-refractivity contribution in [3.05, 3.63) is 54.0 Å². The highest BCUT2D eigenvalue weighted by Crippen LogP contribution is 2.12. The molecule has 126 valence electrons. The van der Waals surface area contributed by atoms with Crippen LogP contribution in [0.2, 0.25) is 0 Å². The first-order chi connectivity index (χ1) is 11.7. The lowest BCUT2D eigenvalue weighted by Crippen LogP contribution is -2.46. The number of hydrogen-bond donors (Lipinski definition) is 3. The monoisotopic (exact) mass is 327 g/mol. The first-order valence-corrected chi connectivity index (χ1v) is 8.17. The highest BCUT2D eigenvalue weighted by atomic mass is 16.3. The van der Waals surface area contributed by atoms with Crippen LogP contribution in [0.5, 0.6) is 0 Å². The van der Waals surface area contributed by atoms with E-state index in [1.807, 2.05) is 12.1 Å². The maximum atomic E-state index is 12.1. The molecule has 2 aromatic rings. The molecule has 3 rings (SSSR count). The minimum absolute atomic E-state index is 0.0462. The van der Waals surface area contributed by atoms with Gasteiger partial charge in [-0.3, -0.25) is 9.59 Å². The molecule has 0 unspecified atom stereocenters.